The molecule has 156 valence electrons. The molecule has 2 aliphatic heterocycles. The van der Waals surface area contributed by atoms with Gasteiger partial charge in [-0.25, -0.2) is 9.37 Å². The van der Waals surface area contributed by atoms with Crippen molar-refractivity contribution < 1.29 is 9.18 Å². The van der Waals surface area contributed by atoms with Crippen LogP contribution in [-0.4, -0.2) is 37.1 Å². The van der Waals surface area contributed by atoms with Crippen LogP contribution in [0.5, 0.6) is 0 Å². The van der Waals surface area contributed by atoms with E-state index in [2.05, 4.69) is 20.5 Å². The van der Waals surface area contributed by atoms with Gasteiger partial charge in [0.25, 0.3) is 5.91 Å². The van der Waals surface area contributed by atoms with E-state index in [9.17, 15) is 9.18 Å². The number of rotatable bonds is 4. The molecule has 0 saturated carbocycles. The normalized spacial score (nSPS) is 20.9. The van der Waals surface area contributed by atoms with Crippen LogP contribution in [-0.2, 0) is 0 Å². The van der Waals surface area contributed by atoms with E-state index in [1.165, 1.54) is 17.4 Å². The molecule has 1 atom stereocenters. The average Bonchev–Trinajstić information content (AvgIpc) is 3.53. The number of hydrogen-bond acceptors (Lipinski definition) is 6. The fraction of sp³-hybridized carbons (Fsp3) is 0.364. The molecule has 1 spiro atoms. The first-order valence-electron chi connectivity index (χ1n) is 10.1. The van der Waals surface area contributed by atoms with Crippen molar-refractivity contribution in [2.24, 2.45) is 5.41 Å². The molecular weight excluding hydrogens is 419 g/mol. The molecular formula is C22H23FN4OS2. The Morgan fingerprint density at radius 2 is 2.23 bits per heavy atom. The molecule has 2 aromatic heterocycles. The predicted octanol–water partition coefficient (Wildman–Crippen LogP) is 4.76. The van der Waals surface area contributed by atoms with Crippen LogP contribution in [0.4, 0.5) is 15.8 Å². The topological polar surface area (TPSA) is 57.3 Å². The van der Waals surface area contributed by atoms with Gasteiger partial charge in [-0.3, -0.25) is 4.79 Å². The third-order valence-corrected chi connectivity index (χ3v) is 7.99. The number of thiophene rings is 1. The Hall–Kier alpha value is -2.29. The van der Waals surface area contributed by atoms with Crippen LogP contribution in [0, 0.1) is 18.2 Å². The lowest BCUT2D eigenvalue weighted by molar-refractivity contribution is 0.102. The summed E-state index contributed by atoms with van der Waals surface area (Å²) in [6.45, 7) is 5.68. The van der Waals surface area contributed by atoms with Crippen LogP contribution in [0.25, 0.3) is 9.88 Å². The second-order valence-electron chi connectivity index (χ2n) is 8.19. The maximum atomic E-state index is 14.4. The Morgan fingerprint density at radius 1 is 1.33 bits per heavy atom. The number of thiazole rings is 1. The van der Waals surface area contributed by atoms with Crippen molar-refractivity contribution in [1.82, 2.24) is 10.3 Å². The number of aromatic nitrogens is 1. The molecule has 1 unspecified atom stereocenters. The molecule has 3 aromatic rings. The Morgan fingerprint density at radius 3 is 3.00 bits per heavy atom. The summed E-state index contributed by atoms with van der Waals surface area (Å²) in [6, 6.07) is 7.24. The van der Waals surface area contributed by atoms with E-state index >= 15 is 0 Å². The van der Waals surface area contributed by atoms with Crippen LogP contribution in [0.15, 0.2) is 35.0 Å². The number of carbonyl (C=O) groups is 1. The average molecular weight is 443 g/mol. The van der Waals surface area contributed by atoms with E-state index in [0.29, 0.717) is 16.9 Å². The van der Waals surface area contributed by atoms with E-state index < -0.39 is 0 Å². The summed E-state index contributed by atoms with van der Waals surface area (Å²) in [6.07, 6.45) is 2.27. The molecule has 0 bridgehead atoms. The number of nitrogens with zero attached hydrogens (tertiary/aromatic N) is 2. The molecule has 8 heteroatoms. The van der Waals surface area contributed by atoms with Gasteiger partial charge in [0.2, 0.25) is 0 Å². The van der Waals surface area contributed by atoms with Crippen LogP contribution >= 0.6 is 22.7 Å². The summed E-state index contributed by atoms with van der Waals surface area (Å²) in [4.78, 5) is 20.7. The van der Waals surface area contributed by atoms with Crippen LogP contribution < -0.4 is 15.5 Å². The van der Waals surface area contributed by atoms with E-state index in [0.717, 1.165) is 54.6 Å². The number of carbonyl (C=O) groups excluding carboxylic acids is 1. The van der Waals surface area contributed by atoms with Gasteiger partial charge >= 0.3 is 0 Å². The third-order valence-electron chi connectivity index (χ3n) is 6.11. The lowest BCUT2D eigenvalue weighted by Crippen LogP contribution is -2.29. The molecule has 1 amide bonds. The van der Waals surface area contributed by atoms with Crippen LogP contribution in [0.1, 0.15) is 28.9 Å². The molecule has 0 aliphatic carbocycles. The molecule has 2 N–H and O–H groups in total. The minimum atomic E-state index is -0.317. The van der Waals surface area contributed by atoms with Gasteiger partial charge in [-0.15, -0.1) is 22.7 Å². The van der Waals surface area contributed by atoms with Gasteiger partial charge in [-0.2, -0.15) is 0 Å². The third kappa shape index (κ3) is 3.64. The summed E-state index contributed by atoms with van der Waals surface area (Å²) in [7, 11) is 0. The monoisotopic (exact) mass is 442 g/mol. The second kappa shape index (κ2) is 7.76. The summed E-state index contributed by atoms with van der Waals surface area (Å²) < 4.78 is 14.4. The zero-order valence-corrected chi connectivity index (χ0v) is 18.3. The molecule has 4 heterocycles. The van der Waals surface area contributed by atoms with E-state index in [1.54, 1.807) is 23.6 Å². The minimum absolute atomic E-state index is 0.286. The molecule has 5 rings (SSSR count). The second-order valence-corrected chi connectivity index (χ2v) is 9.99. The van der Waals surface area contributed by atoms with Gasteiger partial charge in [-0.05, 0) is 55.5 Å². The van der Waals surface area contributed by atoms with Crippen molar-refractivity contribution in [2.45, 2.75) is 19.8 Å². The maximum absolute atomic E-state index is 14.4. The number of benzene rings is 1. The summed E-state index contributed by atoms with van der Waals surface area (Å²) >= 11 is 3.03. The van der Waals surface area contributed by atoms with Crippen molar-refractivity contribution >= 4 is 40.0 Å². The molecule has 5 nitrogen and oxygen atoms in total. The SMILES string of the molecule is Cc1cc(N2CCC3(CCNC3)C2)c(NC(=O)c2csc(-c3cccs3)n2)cc1F. The zero-order valence-electron chi connectivity index (χ0n) is 16.7. The Kier molecular flexibility index (Phi) is 5.08. The van der Waals surface area contributed by atoms with Crippen molar-refractivity contribution in [3.05, 3.63) is 52.1 Å². The first-order valence-corrected chi connectivity index (χ1v) is 11.9. The van der Waals surface area contributed by atoms with Crippen molar-refractivity contribution in [3.8, 4) is 9.88 Å². The van der Waals surface area contributed by atoms with E-state index in [-0.39, 0.29) is 17.1 Å². The largest absolute Gasteiger partial charge is 0.369 e. The van der Waals surface area contributed by atoms with Gasteiger partial charge < -0.3 is 15.5 Å². The van der Waals surface area contributed by atoms with Gasteiger partial charge in [-0.1, -0.05) is 6.07 Å². The zero-order chi connectivity index (χ0) is 20.7. The highest BCUT2D eigenvalue weighted by atomic mass is 32.1. The highest BCUT2D eigenvalue weighted by molar-refractivity contribution is 7.20. The first-order chi connectivity index (χ1) is 14.5. The summed E-state index contributed by atoms with van der Waals surface area (Å²) in [5.41, 5.74) is 2.63. The fourth-order valence-electron chi connectivity index (χ4n) is 4.39. The molecule has 30 heavy (non-hydrogen) atoms. The molecule has 1 aromatic carbocycles. The van der Waals surface area contributed by atoms with Gasteiger partial charge in [0, 0.05) is 30.4 Å². The van der Waals surface area contributed by atoms with Crippen molar-refractivity contribution in [1.29, 1.82) is 0 Å². The van der Waals surface area contributed by atoms with E-state index in [1.807, 2.05) is 23.6 Å². The number of aryl methyl sites for hydroxylation is 1. The van der Waals surface area contributed by atoms with Gasteiger partial charge in [0.05, 0.1) is 16.3 Å². The van der Waals surface area contributed by atoms with Crippen molar-refractivity contribution in [2.75, 3.05) is 36.4 Å². The highest BCUT2D eigenvalue weighted by Gasteiger charge is 2.41. The van der Waals surface area contributed by atoms with E-state index in [4.69, 9.17) is 0 Å². The lowest BCUT2D eigenvalue weighted by Gasteiger charge is -2.26. The Balaban J connectivity index is 1.40. The molecule has 2 saturated heterocycles. The molecule has 2 fully saturated rings. The van der Waals surface area contributed by atoms with Gasteiger partial charge in [0.1, 0.15) is 16.5 Å². The van der Waals surface area contributed by atoms with Crippen molar-refractivity contribution in [3.63, 3.8) is 0 Å². The maximum Gasteiger partial charge on any atom is 0.275 e. The highest BCUT2D eigenvalue weighted by Crippen LogP contribution is 2.41. The molecule has 0 radical (unpaired) electrons. The first kappa shape index (κ1) is 19.7. The standard InChI is InChI=1S/C22H23FN4OS2/c1-14-9-18(27-7-5-22(13-27)4-6-24-12-22)16(10-15(14)23)25-20(28)17-11-30-21(26-17)19-3-2-8-29-19/h2-3,8-11,24H,4-7,12-13H2,1H3,(H,25,28). The number of hydrogen-bond donors (Lipinski definition) is 2. The molecule has 2 aliphatic rings. The number of nitrogens with one attached hydrogen (secondary N) is 2. The fourth-order valence-corrected chi connectivity index (χ4v) is 6.00. The smallest absolute Gasteiger partial charge is 0.275 e. The minimum Gasteiger partial charge on any atom is -0.369 e. The number of amides is 1. The number of anilines is 2. The number of halogens is 1. The Bertz CT molecular complexity index is 1070. The Labute approximate surface area is 183 Å². The quantitative estimate of drug-likeness (QED) is 0.612. The summed E-state index contributed by atoms with van der Waals surface area (Å²) in [5.74, 6) is -0.627. The summed E-state index contributed by atoms with van der Waals surface area (Å²) in [5, 5.41) is 10.9. The van der Waals surface area contributed by atoms with Crippen LogP contribution in [0.2, 0.25) is 0 Å². The predicted molar refractivity (Wildman–Crippen MR) is 121 cm³/mol. The lowest BCUT2D eigenvalue weighted by atomic mass is 9.86. The van der Waals surface area contributed by atoms with Gasteiger partial charge in [0.15, 0.2) is 0 Å². The van der Waals surface area contributed by atoms with Crippen LogP contribution in [0.3, 0.4) is 0 Å².